The standard InChI is InChI=1S/C22H26N4O2S/c1-17-7-9-21(10-8-17)29(27,28)26-13-11-20(12-14-26)23-15-19-16-24-25-22(19)18-5-3-2-4-6-18/h2-10,16,20,23H,11-15H2,1H3,(H,24,25). The van der Waals surface area contributed by atoms with Crippen LogP contribution < -0.4 is 5.32 Å². The molecular formula is C22H26N4O2S. The lowest BCUT2D eigenvalue weighted by atomic mass is 10.1. The third kappa shape index (κ3) is 4.42. The molecule has 6 nitrogen and oxygen atoms in total. The Morgan fingerprint density at radius 2 is 1.76 bits per heavy atom. The number of hydrogen-bond acceptors (Lipinski definition) is 4. The maximum absolute atomic E-state index is 12.8. The number of nitrogens with one attached hydrogen (secondary N) is 2. The van der Waals surface area contributed by atoms with Gasteiger partial charge in [-0.15, -0.1) is 0 Å². The number of rotatable bonds is 6. The van der Waals surface area contributed by atoms with Crippen LogP contribution in [0.5, 0.6) is 0 Å². The van der Waals surface area contributed by atoms with Crippen LogP contribution in [0.1, 0.15) is 24.0 Å². The molecule has 2 heterocycles. The molecule has 1 saturated heterocycles. The topological polar surface area (TPSA) is 78.1 Å². The van der Waals surface area contributed by atoms with Gasteiger partial charge in [-0.05, 0) is 37.5 Å². The second-order valence-corrected chi connectivity index (χ2v) is 9.45. The highest BCUT2D eigenvalue weighted by Gasteiger charge is 2.29. The fraction of sp³-hybridized carbons (Fsp3) is 0.318. The minimum Gasteiger partial charge on any atom is -0.310 e. The molecule has 0 bridgehead atoms. The fourth-order valence-electron chi connectivity index (χ4n) is 3.71. The lowest BCUT2D eigenvalue weighted by Gasteiger charge is -2.31. The highest BCUT2D eigenvalue weighted by Crippen LogP contribution is 2.23. The van der Waals surface area contributed by atoms with Crippen molar-refractivity contribution >= 4 is 10.0 Å². The highest BCUT2D eigenvalue weighted by atomic mass is 32.2. The first-order chi connectivity index (χ1) is 14.0. The number of sulfonamides is 1. The Hall–Kier alpha value is -2.48. The average Bonchev–Trinajstić information content (AvgIpc) is 3.22. The summed E-state index contributed by atoms with van der Waals surface area (Å²) in [5, 5.41) is 10.8. The van der Waals surface area contributed by atoms with E-state index in [1.165, 1.54) is 0 Å². The molecule has 0 unspecified atom stereocenters. The van der Waals surface area contributed by atoms with E-state index in [1.54, 1.807) is 16.4 Å². The first-order valence-electron chi connectivity index (χ1n) is 9.92. The van der Waals surface area contributed by atoms with E-state index < -0.39 is 10.0 Å². The van der Waals surface area contributed by atoms with Gasteiger partial charge in [-0.2, -0.15) is 9.40 Å². The Balaban J connectivity index is 1.34. The lowest BCUT2D eigenvalue weighted by molar-refractivity contribution is 0.288. The number of aryl methyl sites for hydroxylation is 1. The molecule has 152 valence electrons. The summed E-state index contributed by atoms with van der Waals surface area (Å²) in [6.07, 6.45) is 3.44. The lowest BCUT2D eigenvalue weighted by Crippen LogP contribution is -2.44. The second-order valence-electron chi connectivity index (χ2n) is 7.51. The first-order valence-corrected chi connectivity index (χ1v) is 11.4. The van der Waals surface area contributed by atoms with Crippen molar-refractivity contribution in [1.29, 1.82) is 0 Å². The van der Waals surface area contributed by atoms with Crippen molar-refractivity contribution in [1.82, 2.24) is 19.8 Å². The number of hydrogen-bond donors (Lipinski definition) is 2. The molecule has 7 heteroatoms. The van der Waals surface area contributed by atoms with Crippen molar-refractivity contribution in [2.45, 2.75) is 37.2 Å². The van der Waals surface area contributed by atoms with Gasteiger partial charge in [-0.3, -0.25) is 5.10 Å². The molecule has 4 rings (SSSR count). The van der Waals surface area contributed by atoms with Gasteiger partial charge in [-0.1, -0.05) is 48.0 Å². The third-order valence-electron chi connectivity index (χ3n) is 5.47. The number of piperidine rings is 1. The summed E-state index contributed by atoms with van der Waals surface area (Å²) in [6, 6.07) is 17.5. The van der Waals surface area contributed by atoms with Crippen molar-refractivity contribution in [3.8, 4) is 11.3 Å². The Kier molecular flexibility index (Phi) is 5.80. The predicted molar refractivity (Wildman–Crippen MR) is 114 cm³/mol. The number of H-pyrrole nitrogens is 1. The van der Waals surface area contributed by atoms with E-state index in [2.05, 4.69) is 27.6 Å². The minimum atomic E-state index is -3.41. The molecule has 1 aromatic heterocycles. The normalized spacial score (nSPS) is 16.2. The Morgan fingerprint density at radius 1 is 1.07 bits per heavy atom. The van der Waals surface area contributed by atoms with E-state index >= 15 is 0 Å². The average molecular weight is 411 g/mol. The van der Waals surface area contributed by atoms with Gasteiger partial charge in [-0.25, -0.2) is 8.42 Å². The van der Waals surface area contributed by atoms with E-state index in [9.17, 15) is 8.42 Å². The molecule has 29 heavy (non-hydrogen) atoms. The highest BCUT2D eigenvalue weighted by molar-refractivity contribution is 7.89. The van der Waals surface area contributed by atoms with E-state index in [4.69, 9.17) is 0 Å². The Bertz CT molecular complexity index is 1040. The molecule has 2 N–H and O–H groups in total. The van der Waals surface area contributed by atoms with Crippen LogP contribution in [-0.4, -0.2) is 42.1 Å². The maximum atomic E-state index is 12.8. The quantitative estimate of drug-likeness (QED) is 0.653. The van der Waals surface area contributed by atoms with Crippen LogP contribution in [0.2, 0.25) is 0 Å². The van der Waals surface area contributed by atoms with Crippen LogP contribution in [0.3, 0.4) is 0 Å². The first kappa shape index (κ1) is 19.8. The van der Waals surface area contributed by atoms with Crippen LogP contribution in [0.25, 0.3) is 11.3 Å². The molecule has 1 aliphatic heterocycles. The Labute approximate surface area is 172 Å². The van der Waals surface area contributed by atoms with E-state index in [-0.39, 0.29) is 6.04 Å². The second kappa shape index (κ2) is 8.49. The number of benzene rings is 2. The summed E-state index contributed by atoms with van der Waals surface area (Å²) < 4.78 is 27.3. The van der Waals surface area contributed by atoms with Crippen molar-refractivity contribution in [3.63, 3.8) is 0 Å². The number of nitrogens with zero attached hydrogens (tertiary/aromatic N) is 2. The Morgan fingerprint density at radius 3 is 2.45 bits per heavy atom. The molecule has 0 aliphatic carbocycles. The molecule has 1 fully saturated rings. The van der Waals surface area contributed by atoms with Crippen LogP contribution in [0.4, 0.5) is 0 Å². The summed E-state index contributed by atoms with van der Waals surface area (Å²) >= 11 is 0. The molecule has 0 amide bonds. The maximum Gasteiger partial charge on any atom is 0.243 e. The molecule has 0 atom stereocenters. The van der Waals surface area contributed by atoms with Crippen molar-refractivity contribution in [2.24, 2.45) is 0 Å². The van der Waals surface area contributed by atoms with E-state index in [0.29, 0.717) is 24.5 Å². The largest absolute Gasteiger partial charge is 0.310 e. The molecule has 1 aliphatic rings. The molecule has 0 radical (unpaired) electrons. The van der Waals surface area contributed by atoms with Crippen LogP contribution in [0.15, 0.2) is 65.7 Å². The van der Waals surface area contributed by atoms with Gasteiger partial charge in [0.15, 0.2) is 0 Å². The summed E-state index contributed by atoms with van der Waals surface area (Å²) in [5.41, 5.74) is 4.31. The van der Waals surface area contributed by atoms with Gasteiger partial charge in [0.1, 0.15) is 0 Å². The van der Waals surface area contributed by atoms with Crippen LogP contribution in [-0.2, 0) is 16.6 Å². The fourth-order valence-corrected chi connectivity index (χ4v) is 5.18. The molecule has 0 spiro atoms. The van der Waals surface area contributed by atoms with Crippen molar-refractivity contribution in [2.75, 3.05) is 13.1 Å². The van der Waals surface area contributed by atoms with Gasteiger partial charge < -0.3 is 5.32 Å². The zero-order chi connectivity index (χ0) is 20.3. The van der Waals surface area contributed by atoms with Crippen LogP contribution in [0, 0.1) is 6.92 Å². The molecule has 2 aromatic carbocycles. The number of aromatic amines is 1. The predicted octanol–water partition coefficient (Wildman–Crippen LogP) is 3.33. The SMILES string of the molecule is Cc1ccc(S(=O)(=O)N2CCC(NCc3cn[nH]c3-c3ccccc3)CC2)cc1. The smallest absolute Gasteiger partial charge is 0.243 e. The van der Waals surface area contributed by atoms with Gasteiger partial charge in [0, 0.05) is 31.2 Å². The summed E-state index contributed by atoms with van der Waals surface area (Å²) in [4.78, 5) is 0.375. The minimum absolute atomic E-state index is 0.290. The third-order valence-corrected chi connectivity index (χ3v) is 7.39. The summed E-state index contributed by atoms with van der Waals surface area (Å²) in [7, 11) is -3.41. The van der Waals surface area contributed by atoms with Gasteiger partial charge in [0.2, 0.25) is 10.0 Å². The molecule has 0 saturated carbocycles. The van der Waals surface area contributed by atoms with Crippen molar-refractivity contribution < 1.29 is 8.42 Å². The van der Waals surface area contributed by atoms with Crippen molar-refractivity contribution in [3.05, 3.63) is 71.9 Å². The van der Waals surface area contributed by atoms with Crippen LogP contribution >= 0.6 is 0 Å². The monoisotopic (exact) mass is 410 g/mol. The van der Waals surface area contributed by atoms with Gasteiger partial charge in [0.05, 0.1) is 16.8 Å². The summed E-state index contributed by atoms with van der Waals surface area (Å²) in [5.74, 6) is 0. The van der Waals surface area contributed by atoms with Gasteiger partial charge in [0.25, 0.3) is 0 Å². The molecular weight excluding hydrogens is 384 g/mol. The molecule has 3 aromatic rings. The van der Waals surface area contributed by atoms with Gasteiger partial charge >= 0.3 is 0 Å². The zero-order valence-electron chi connectivity index (χ0n) is 16.5. The van der Waals surface area contributed by atoms with E-state index in [0.717, 1.165) is 35.2 Å². The number of aromatic nitrogens is 2. The zero-order valence-corrected chi connectivity index (χ0v) is 17.3. The van der Waals surface area contributed by atoms with E-state index in [1.807, 2.05) is 43.5 Å². The summed E-state index contributed by atoms with van der Waals surface area (Å²) in [6.45, 7) is 3.72.